The fourth-order valence-corrected chi connectivity index (χ4v) is 6.89. The SMILES string of the molecule is CC(C)OC(=O)[C@H](C)NP(C)(=O)OC[C@H]1O[C@@H](n2cc(F)c(N)nc2=O)C(F)(F)C1(C)COP(C)(=O)N[C@@H](C)C(=O)OC(C)C. The molecule has 0 amide bonds. The van der Waals surface area contributed by atoms with Gasteiger partial charge in [-0.05, 0) is 48.5 Å². The fourth-order valence-electron chi connectivity index (χ4n) is 4.19. The third kappa shape index (κ3) is 9.83. The van der Waals surface area contributed by atoms with E-state index in [9.17, 15) is 27.9 Å². The van der Waals surface area contributed by atoms with E-state index < -0.39 is 105 Å². The van der Waals surface area contributed by atoms with Crippen molar-refractivity contribution in [2.75, 3.05) is 32.3 Å². The van der Waals surface area contributed by atoms with Crippen LogP contribution in [0.5, 0.6) is 0 Å². The van der Waals surface area contributed by atoms with Gasteiger partial charge in [0.25, 0.3) is 15.0 Å². The van der Waals surface area contributed by atoms with Crippen LogP contribution in [0.3, 0.4) is 0 Å². The van der Waals surface area contributed by atoms with Crippen LogP contribution in [0.4, 0.5) is 19.0 Å². The highest BCUT2D eigenvalue weighted by Gasteiger charge is 2.68. The number of hydrogen-bond acceptors (Lipinski definition) is 12. The number of nitrogens with two attached hydrogens (primary N) is 1. The smallest absolute Gasteiger partial charge is 0.352 e. The zero-order valence-electron chi connectivity index (χ0n) is 26.5. The Hall–Kier alpha value is -2.33. The molecule has 7 atom stereocenters. The summed E-state index contributed by atoms with van der Waals surface area (Å²) < 4.78 is 99.8. The van der Waals surface area contributed by atoms with Crippen molar-refractivity contribution in [1.29, 1.82) is 0 Å². The predicted molar refractivity (Wildman–Crippen MR) is 156 cm³/mol. The van der Waals surface area contributed by atoms with Crippen LogP contribution in [0, 0.1) is 11.2 Å². The first-order valence-electron chi connectivity index (χ1n) is 13.9. The van der Waals surface area contributed by atoms with Crippen LogP contribution in [0.15, 0.2) is 11.0 Å². The van der Waals surface area contributed by atoms with Crippen molar-refractivity contribution in [2.45, 2.75) is 91.0 Å². The summed E-state index contributed by atoms with van der Waals surface area (Å²) in [6.07, 6.45) is -4.76. The molecule has 4 N–H and O–H groups in total. The Balaban J connectivity index is 2.39. The minimum atomic E-state index is -4.07. The van der Waals surface area contributed by atoms with E-state index in [0.29, 0.717) is 6.20 Å². The van der Waals surface area contributed by atoms with Gasteiger partial charge in [-0.25, -0.2) is 28.1 Å². The van der Waals surface area contributed by atoms with Crippen molar-refractivity contribution < 1.29 is 55.1 Å². The van der Waals surface area contributed by atoms with Gasteiger partial charge in [0.05, 0.1) is 43.1 Å². The molecule has 3 unspecified atom stereocenters. The predicted octanol–water partition coefficient (Wildman–Crippen LogP) is 3.04. The van der Waals surface area contributed by atoms with Gasteiger partial charge in [-0.2, -0.15) is 4.98 Å². The summed E-state index contributed by atoms with van der Waals surface area (Å²) in [6, 6.07) is -2.26. The highest BCUT2D eigenvalue weighted by atomic mass is 31.2. The van der Waals surface area contributed by atoms with Crippen LogP contribution >= 0.6 is 15.0 Å². The summed E-state index contributed by atoms with van der Waals surface area (Å²) in [5.41, 5.74) is 1.46. The number of hydrogen-bond donors (Lipinski definition) is 3. The van der Waals surface area contributed by atoms with Crippen LogP contribution in [-0.2, 0) is 42.0 Å². The first-order chi connectivity index (χ1) is 20.4. The van der Waals surface area contributed by atoms with E-state index in [2.05, 4.69) is 15.2 Å². The molecule has 258 valence electrons. The van der Waals surface area contributed by atoms with Crippen molar-refractivity contribution in [3.05, 3.63) is 22.5 Å². The summed E-state index contributed by atoms with van der Waals surface area (Å²) in [5.74, 6) is -7.68. The van der Waals surface area contributed by atoms with E-state index in [1.54, 1.807) is 27.7 Å². The monoisotopic (exact) mass is 691 g/mol. The Bertz CT molecular complexity index is 1400. The first kappa shape index (κ1) is 38.9. The lowest BCUT2D eigenvalue weighted by Crippen LogP contribution is -2.49. The maximum absolute atomic E-state index is 16.2. The molecule has 45 heavy (non-hydrogen) atoms. The number of nitrogens with one attached hydrogen (secondary N) is 2. The lowest BCUT2D eigenvalue weighted by molar-refractivity contribution is -0.153. The van der Waals surface area contributed by atoms with Gasteiger partial charge in [-0.3, -0.25) is 23.3 Å². The van der Waals surface area contributed by atoms with Crippen LogP contribution in [0.25, 0.3) is 0 Å². The van der Waals surface area contributed by atoms with E-state index in [0.717, 1.165) is 20.3 Å². The average Bonchev–Trinajstić information content (AvgIpc) is 3.07. The molecule has 0 aliphatic carbocycles. The molecule has 0 aromatic carbocycles. The Labute approximate surface area is 259 Å². The quantitative estimate of drug-likeness (QED) is 0.179. The van der Waals surface area contributed by atoms with Crippen molar-refractivity contribution in [2.24, 2.45) is 5.41 Å². The summed E-state index contributed by atoms with van der Waals surface area (Å²) in [5, 5.41) is 4.89. The zero-order valence-corrected chi connectivity index (χ0v) is 28.3. The number of ether oxygens (including phenoxy) is 3. The topological polar surface area (TPSA) is 199 Å². The number of carbonyl (C=O) groups excluding carboxylic acids is 2. The van der Waals surface area contributed by atoms with Gasteiger partial charge in [0, 0.05) is 13.3 Å². The molecule has 15 nitrogen and oxygen atoms in total. The van der Waals surface area contributed by atoms with E-state index in [1.807, 2.05) is 0 Å². The Morgan fingerprint density at radius 2 is 1.49 bits per heavy atom. The van der Waals surface area contributed by atoms with Crippen molar-refractivity contribution >= 4 is 32.8 Å². The van der Waals surface area contributed by atoms with Gasteiger partial charge in [0.2, 0.25) is 6.23 Å². The van der Waals surface area contributed by atoms with Crippen LogP contribution in [-0.4, -0.2) is 84.4 Å². The third-order valence-corrected chi connectivity index (χ3v) is 9.59. The second-order valence-corrected chi connectivity index (χ2v) is 16.0. The van der Waals surface area contributed by atoms with Gasteiger partial charge in [-0.1, -0.05) is 0 Å². The van der Waals surface area contributed by atoms with Crippen LogP contribution in [0.2, 0.25) is 0 Å². The molecule has 0 spiro atoms. The highest BCUT2D eigenvalue weighted by Crippen LogP contribution is 2.57. The Kier molecular flexibility index (Phi) is 12.6. The van der Waals surface area contributed by atoms with Crippen LogP contribution in [0.1, 0.15) is 54.7 Å². The maximum atomic E-state index is 16.2. The molecule has 20 heteroatoms. The second kappa shape index (κ2) is 14.6. The summed E-state index contributed by atoms with van der Waals surface area (Å²) in [6.45, 7) is 10.4. The number of esters is 2. The number of nitrogens with zero attached hydrogens (tertiary/aromatic N) is 2. The van der Waals surface area contributed by atoms with Crippen molar-refractivity contribution in [3.8, 4) is 0 Å². The summed E-state index contributed by atoms with van der Waals surface area (Å²) in [4.78, 5) is 40.0. The standard InChI is InChI=1S/C25H42F3N5O10P2/c1-13(2)41-20(34)15(5)31-44(8,37)39-11-18-24(7,12-40-45(9,38)32-16(6)21(35)42-14(3)4)25(27,28)22(43-18)33-10-17(26)19(29)30-23(33)36/h10,13-16,18,22H,11-12H2,1-9H3,(H,31,37)(H,32,38)(H2,29,30,36)/t15-,16-,18+,22+,24?,44?,45?/m0/s1. The van der Waals surface area contributed by atoms with Crippen LogP contribution < -0.4 is 21.6 Å². The number of nitrogen functional groups attached to an aromatic ring is 1. The molecule has 0 radical (unpaired) electrons. The molecule has 1 aliphatic heterocycles. The van der Waals surface area contributed by atoms with Gasteiger partial charge < -0.3 is 29.0 Å². The molecule has 1 fully saturated rings. The highest BCUT2D eigenvalue weighted by molar-refractivity contribution is 7.56. The number of anilines is 1. The molecule has 0 bridgehead atoms. The number of rotatable bonds is 15. The van der Waals surface area contributed by atoms with Crippen molar-refractivity contribution in [3.63, 3.8) is 0 Å². The lowest BCUT2D eigenvalue weighted by Gasteiger charge is -2.35. The molecule has 2 heterocycles. The van der Waals surface area contributed by atoms with Gasteiger partial charge in [-0.15, -0.1) is 0 Å². The summed E-state index contributed by atoms with van der Waals surface area (Å²) in [7, 11) is -7.89. The van der Waals surface area contributed by atoms with Crippen molar-refractivity contribution in [1.82, 2.24) is 19.7 Å². The maximum Gasteiger partial charge on any atom is 0.352 e. The normalized spacial score (nSPS) is 25.4. The Morgan fingerprint density at radius 3 is 1.96 bits per heavy atom. The minimum absolute atomic E-state index is 0.200. The molecule has 1 aliphatic rings. The molecular formula is C25H42F3N5O10P2. The molecule has 1 aromatic rings. The molecule has 2 rings (SSSR count). The van der Waals surface area contributed by atoms with Gasteiger partial charge in [0.1, 0.15) is 12.1 Å². The van der Waals surface area contributed by atoms with Gasteiger partial charge in [0.15, 0.2) is 11.6 Å². The number of alkyl halides is 2. The van der Waals surface area contributed by atoms with E-state index in [4.69, 9.17) is 29.0 Å². The number of halogens is 3. The average molecular weight is 692 g/mol. The van der Waals surface area contributed by atoms with Gasteiger partial charge >= 0.3 is 23.6 Å². The molecule has 0 saturated carbocycles. The van der Waals surface area contributed by atoms with E-state index in [-0.39, 0.29) is 4.57 Å². The number of carbonyl (C=O) groups is 2. The third-order valence-electron chi connectivity index (χ3n) is 6.61. The molecular weight excluding hydrogens is 649 g/mol. The minimum Gasteiger partial charge on any atom is -0.462 e. The second-order valence-electron chi connectivity index (χ2n) is 11.6. The lowest BCUT2D eigenvalue weighted by atomic mass is 9.80. The zero-order chi connectivity index (χ0) is 34.7. The van der Waals surface area contributed by atoms with E-state index >= 15 is 8.78 Å². The Morgan fingerprint density at radius 1 is 1.02 bits per heavy atom. The molecule has 1 aromatic heterocycles. The van der Waals surface area contributed by atoms with E-state index in [1.165, 1.54) is 13.8 Å². The molecule has 1 saturated heterocycles. The largest absolute Gasteiger partial charge is 0.462 e. The first-order valence-corrected chi connectivity index (χ1v) is 18.0. The summed E-state index contributed by atoms with van der Waals surface area (Å²) >= 11 is 0. The number of aromatic nitrogens is 2. The fraction of sp³-hybridized carbons (Fsp3) is 0.760.